The van der Waals surface area contributed by atoms with Crippen molar-refractivity contribution in [3.8, 4) is 5.82 Å². The predicted molar refractivity (Wildman–Crippen MR) is 100 cm³/mol. The Kier molecular flexibility index (Phi) is 4.11. The van der Waals surface area contributed by atoms with Gasteiger partial charge in [0.1, 0.15) is 17.5 Å². The Morgan fingerprint density at radius 2 is 1.65 bits per heavy atom. The van der Waals surface area contributed by atoms with Gasteiger partial charge in [-0.05, 0) is 48.0 Å². The third kappa shape index (κ3) is 3.02. The van der Waals surface area contributed by atoms with Crippen LogP contribution in [0.4, 0.5) is 4.39 Å². The fourth-order valence-corrected chi connectivity index (χ4v) is 2.71. The zero-order valence-corrected chi connectivity index (χ0v) is 13.7. The molecule has 0 bridgehead atoms. The van der Waals surface area contributed by atoms with E-state index in [1.54, 1.807) is 54.7 Å². The van der Waals surface area contributed by atoms with Gasteiger partial charge in [0.25, 0.3) is 5.56 Å². The molecular weight excluding hydrogens is 329 g/mol. The maximum absolute atomic E-state index is 13.1. The number of aromatic nitrogens is 3. The average Bonchev–Trinajstić information content (AvgIpc) is 2.68. The van der Waals surface area contributed by atoms with Crippen LogP contribution in [0.5, 0.6) is 0 Å². The molecule has 0 radical (unpaired) electrons. The lowest BCUT2D eigenvalue weighted by Crippen LogP contribution is -2.23. The van der Waals surface area contributed by atoms with Crippen molar-refractivity contribution in [3.63, 3.8) is 0 Å². The molecule has 0 saturated heterocycles. The summed E-state index contributed by atoms with van der Waals surface area (Å²) in [7, 11) is 0. The minimum absolute atomic E-state index is 0.187. The fourth-order valence-electron chi connectivity index (χ4n) is 2.71. The third-order valence-electron chi connectivity index (χ3n) is 3.97. The molecule has 0 N–H and O–H groups in total. The Morgan fingerprint density at radius 3 is 2.42 bits per heavy atom. The highest BCUT2D eigenvalue weighted by Crippen LogP contribution is 2.14. The lowest BCUT2D eigenvalue weighted by Gasteiger charge is -2.10. The standard InChI is InChI=1S/C21H14FN3O/c22-16-11-8-15(9-12-16)10-13-20-24-18-6-2-1-5-17(18)21(26)25(20)19-7-3-4-14-23-19/h1-14H. The molecule has 2 heterocycles. The predicted octanol–water partition coefficient (Wildman–Crippen LogP) is 4.09. The Labute approximate surface area is 148 Å². The molecule has 0 atom stereocenters. The van der Waals surface area contributed by atoms with Gasteiger partial charge in [-0.15, -0.1) is 0 Å². The number of hydrogen-bond acceptors (Lipinski definition) is 3. The minimum Gasteiger partial charge on any atom is -0.268 e. The first kappa shape index (κ1) is 15.9. The number of para-hydroxylation sites is 1. The van der Waals surface area contributed by atoms with Crippen LogP contribution in [0.2, 0.25) is 0 Å². The smallest absolute Gasteiger partial charge is 0.267 e. The largest absolute Gasteiger partial charge is 0.268 e. The topological polar surface area (TPSA) is 47.8 Å². The molecule has 0 fully saturated rings. The van der Waals surface area contributed by atoms with Crippen molar-refractivity contribution in [2.75, 3.05) is 0 Å². The molecule has 4 aromatic rings. The summed E-state index contributed by atoms with van der Waals surface area (Å²) in [6.07, 6.45) is 5.15. The Balaban J connectivity index is 1.92. The number of hydrogen-bond donors (Lipinski definition) is 0. The van der Waals surface area contributed by atoms with Gasteiger partial charge in [0.05, 0.1) is 10.9 Å². The van der Waals surface area contributed by atoms with Crippen LogP contribution in [0.1, 0.15) is 11.4 Å². The van der Waals surface area contributed by atoms with E-state index in [0.717, 1.165) is 5.56 Å². The summed E-state index contributed by atoms with van der Waals surface area (Å²) in [6, 6.07) is 18.7. The van der Waals surface area contributed by atoms with Crippen molar-refractivity contribution < 1.29 is 4.39 Å². The van der Waals surface area contributed by atoms with Gasteiger partial charge >= 0.3 is 0 Å². The normalized spacial score (nSPS) is 11.3. The second-order valence-electron chi connectivity index (χ2n) is 5.70. The van der Waals surface area contributed by atoms with Gasteiger partial charge < -0.3 is 0 Å². The van der Waals surface area contributed by atoms with Gasteiger partial charge in [-0.25, -0.2) is 18.9 Å². The van der Waals surface area contributed by atoms with E-state index >= 15 is 0 Å². The molecule has 4 rings (SSSR count). The van der Waals surface area contributed by atoms with Crippen LogP contribution in [0.15, 0.2) is 77.7 Å². The van der Waals surface area contributed by atoms with Gasteiger partial charge in [0.15, 0.2) is 0 Å². The van der Waals surface area contributed by atoms with Crippen LogP contribution in [0.3, 0.4) is 0 Å². The Bertz CT molecular complexity index is 1150. The third-order valence-corrected chi connectivity index (χ3v) is 3.97. The summed E-state index contributed by atoms with van der Waals surface area (Å²) in [4.78, 5) is 21.9. The van der Waals surface area contributed by atoms with Crippen LogP contribution < -0.4 is 5.56 Å². The first-order chi connectivity index (χ1) is 12.7. The average molecular weight is 343 g/mol. The summed E-state index contributed by atoms with van der Waals surface area (Å²) in [5.41, 5.74) is 1.23. The summed E-state index contributed by atoms with van der Waals surface area (Å²) >= 11 is 0. The van der Waals surface area contributed by atoms with Crippen molar-refractivity contribution in [2.45, 2.75) is 0 Å². The molecular formula is C21H14FN3O. The molecule has 2 aromatic heterocycles. The maximum Gasteiger partial charge on any atom is 0.267 e. The molecule has 0 aliphatic carbocycles. The fraction of sp³-hybridized carbons (Fsp3) is 0. The highest BCUT2D eigenvalue weighted by Gasteiger charge is 2.11. The first-order valence-electron chi connectivity index (χ1n) is 8.09. The van der Waals surface area contributed by atoms with Crippen molar-refractivity contribution >= 4 is 23.1 Å². The van der Waals surface area contributed by atoms with E-state index in [-0.39, 0.29) is 11.4 Å². The van der Waals surface area contributed by atoms with E-state index in [2.05, 4.69) is 9.97 Å². The Hall–Kier alpha value is -3.60. The van der Waals surface area contributed by atoms with Crippen LogP contribution in [0, 0.1) is 5.82 Å². The first-order valence-corrected chi connectivity index (χ1v) is 8.09. The highest BCUT2D eigenvalue weighted by atomic mass is 19.1. The Morgan fingerprint density at radius 1 is 0.885 bits per heavy atom. The summed E-state index contributed by atoms with van der Waals surface area (Å²) in [6.45, 7) is 0. The number of pyridine rings is 1. The lowest BCUT2D eigenvalue weighted by molar-refractivity contribution is 0.628. The minimum atomic E-state index is -0.295. The van der Waals surface area contributed by atoms with E-state index in [9.17, 15) is 9.18 Å². The van der Waals surface area contributed by atoms with Crippen LogP contribution in [-0.4, -0.2) is 14.5 Å². The van der Waals surface area contributed by atoms with E-state index in [1.165, 1.54) is 16.7 Å². The summed E-state index contributed by atoms with van der Waals surface area (Å²) < 4.78 is 14.5. The van der Waals surface area contributed by atoms with Crippen LogP contribution in [0.25, 0.3) is 28.9 Å². The van der Waals surface area contributed by atoms with Crippen LogP contribution >= 0.6 is 0 Å². The molecule has 126 valence electrons. The number of rotatable bonds is 3. The van der Waals surface area contributed by atoms with Crippen molar-refractivity contribution in [1.82, 2.24) is 14.5 Å². The van der Waals surface area contributed by atoms with Gasteiger partial charge in [0.2, 0.25) is 0 Å². The van der Waals surface area contributed by atoms with Crippen molar-refractivity contribution in [3.05, 3.63) is 100 Å². The second kappa shape index (κ2) is 6.72. The SMILES string of the molecule is O=c1c2ccccc2nc(C=Cc2ccc(F)cc2)n1-c1ccccn1. The maximum atomic E-state index is 13.1. The molecule has 4 nitrogen and oxygen atoms in total. The number of benzene rings is 2. The monoisotopic (exact) mass is 343 g/mol. The molecule has 26 heavy (non-hydrogen) atoms. The van der Waals surface area contributed by atoms with Gasteiger partial charge in [0, 0.05) is 6.20 Å². The van der Waals surface area contributed by atoms with Gasteiger partial charge in [-0.1, -0.05) is 36.4 Å². The van der Waals surface area contributed by atoms with E-state index in [0.29, 0.717) is 22.5 Å². The van der Waals surface area contributed by atoms with Gasteiger partial charge in [-0.2, -0.15) is 0 Å². The number of fused-ring (bicyclic) bond motifs is 1. The number of nitrogens with zero attached hydrogens (tertiary/aromatic N) is 3. The molecule has 2 aromatic carbocycles. The second-order valence-corrected chi connectivity index (χ2v) is 5.70. The molecule has 0 spiro atoms. The quantitative estimate of drug-likeness (QED) is 0.563. The zero-order valence-electron chi connectivity index (χ0n) is 13.7. The molecule has 0 aliphatic rings. The van der Waals surface area contributed by atoms with E-state index < -0.39 is 0 Å². The molecule has 5 heteroatoms. The van der Waals surface area contributed by atoms with E-state index in [1.807, 2.05) is 18.2 Å². The van der Waals surface area contributed by atoms with Crippen molar-refractivity contribution in [1.29, 1.82) is 0 Å². The van der Waals surface area contributed by atoms with Gasteiger partial charge in [-0.3, -0.25) is 4.79 Å². The van der Waals surface area contributed by atoms with E-state index in [4.69, 9.17) is 0 Å². The zero-order chi connectivity index (χ0) is 17.9. The molecule has 0 unspecified atom stereocenters. The molecule has 0 saturated carbocycles. The molecule has 0 aliphatic heterocycles. The van der Waals surface area contributed by atoms with Crippen LogP contribution in [-0.2, 0) is 0 Å². The highest BCUT2D eigenvalue weighted by molar-refractivity contribution is 5.79. The summed E-state index contributed by atoms with van der Waals surface area (Å²) in [5.74, 6) is 0.655. The summed E-state index contributed by atoms with van der Waals surface area (Å²) in [5, 5.41) is 0.525. The number of halogens is 1. The lowest BCUT2D eigenvalue weighted by atomic mass is 10.2. The van der Waals surface area contributed by atoms with Crippen molar-refractivity contribution in [2.24, 2.45) is 0 Å². The molecule has 0 amide bonds.